The number of nitrogens with one attached hydrogen (secondary N) is 1. The number of piperazine rings is 1. The van der Waals surface area contributed by atoms with Crippen molar-refractivity contribution >= 4 is 23.4 Å². The second-order valence-corrected chi connectivity index (χ2v) is 6.73. The van der Waals surface area contributed by atoms with Crippen LogP contribution in [-0.2, 0) is 9.53 Å². The fourth-order valence-electron chi connectivity index (χ4n) is 2.82. The Kier molecular flexibility index (Phi) is 8.29. The molecular formula is C17H27ClN4O5. The van der Waals surface area contributed by atoms with Crippen molar-refractivity contribution < 1.29 is 41.2 Å². The molecular weight excluding hydrogens is 376 g/mol. The molecule has 0 saturated carbocycles. The smallest absolute Gasteiger partial charge is 0.411 e. The number of methoxy groups -OCH3 is 2. The van der Waals surface area contributed by atoms with Gasteiger partial charge in [0.1, 0.15) is 5.75 Å². The molecule has 1 heterocycles. The Hall–Kier alpha value is -2.07. The van der Waals surface area contributed by atoms with Gasteiger partial charge in [-0.1, -0.05) is 0 Å². The molecule has 0 spiro atoms. The normalized spacial score (nSPS) is 16.0. The Morgan fingerprint density at radius 1 is 1.30 bits per heavy atom. The topological polar surface area (TPSA) is 91.3 Å². The minimum Gasteiger partial charge on any atom is -1.00 e. The predicted molar refractivity (Wildman–Crippen MR) is 96.6 cm³/mol. The van der Waals surface area contributed by atoms with Crippen molar-refractivity contribution in [2.24, 2.45) is 0 Å². The number of amides is 2. The maximum absolute atomic E-state index is 12.5. The molecule has 1 saturated heterocycles. The molecule has 1 fully saturated rings. The minimum atomic E-state index is -0.638. The van der Waals surface area contributed by atoms with Gasteiger partial charge in [-0.3, -0.25) is 20.2 Å². The van der Waals surface area contributed by atoms with Gasteiger partial charge in [-0.2, -0.15) is 5.06 Å². The van der Waals surface area contributed by atoms with E-state index in [1.54, 1.807) is 0 Å². The Balaban J connectivity index is 0.00000364. The number of quaternary nitrogens is 1. The number of benzene rings is 1. The lowest BCUT2D eigenvalue weighted by Crippen LogP contribution is -3.00. The summed E-state index contributed by atoms with van der Waals surface area (Å²) in [5.41, 5.74) is 0.644. The van der Waals surface area contributed by atoms with Gasteiger partial charge >= 0.3 is 12.0 Å². The van der Waals surface area contributed by atoms with Crippen LogP contribution in [-0.4, -0.2) is 87.6 Å². The highest BCUT2D eigenvalue weighted by Crippen LogP contribution is 2.29. The number of halogens is 1. The first kappa shape index (κ1) is 23.0. The summed E-state index contributed by atoms with van der Waals surface area (Å²) in [6, 6.07) is 4.54. The van der Waals surface area contributed by atoms with E-state index < -0.39 is 12.0 Å². The average Bonchev–Trinajstić information content (AvgIpc) is 2.63. The third-order valence-electron chi connectivity index (χ3n) is 4.65. The molecule has 2 amide bonds. The summed E-state index contributed by atoms with van der Waals surface area (Å²) in [5, 5.41) is 13.5. The van der Waals surface area contributed by atoms with Gasteiger partial charge < -0.3 is 26.4 Å². The minimum absolute atomic E-state index is 0. The van der Waals surface area contributed by atoms with Crippen LogP contribution in [0, 0.1) is 0 Å². The highest BCUT2D eigenvalue weighted by atomic mass is 35.5. The number of carbonyl (C=O) groups excluding carboxylic acids is 2. The van der Waals surface area contributed by atoms with Gasteiger partial charge in [0.05, 0.1) is 45.7 Å². The zero-order valence-electron chi connectivity index (χ0n) is 16.1. The Morgan fingerprint density at radius 2 is 1.93 bits per heavy atom. The molecule has 0 aliphatic carbocycles. The van der Waals surface area contributed by atoms with Crippen LogP contribution >= 0.6 is 0 Å². The van der Waals surface area contributed by atoms with Crippen molar-refractivity contribution in [3.8, 4) is 5.75 Å². The second-order valence-electron chi connectivity index (χ2n) is 6.73. The van der Waals surface area contributed by atoms with E-state index in [1.807, 2.05) is 7.05 Å². The molecule has 9 nitrogen and oxygen atoms in total. The first-order valence-electron chi connectivity index (χ1n) is 8.35. The molecule has 2 N–H and O–H groups in total. The van der Waals surface area contributed by atoms with E-state index in [1.165, 1.54) is 32.4 Å². The zero-order valence-corrected chi connectivity index (χ0v) is 16.8. The molecule has 1 aromatic rings. The van der Waals surface area contributed by atoms with Gasteiger partial charge in [-0.25, -0.2) is 4.79 Å². The lowest BCUT2D eigenvalue weighted by atomic mass is 10.2. The Bertz CT molecular complexity index is 665. The zero-order chi connectivity index (χ0) is 19.3. The van der Waals surface area contributed by atoms with E-state index in [0.717, 1.165) is 26.2 Å². The largest absolute Gasteiger partial charge is 1.00 e. The molecule has 0 aromatic heterocycles. The molecule has 10 heteroatoms. The molecule has 2 rings (SSSR count). The molecule has 0 unspecified atom stereocenters. The van der Waals surface area contributed by atoms with Gasteiger partial charge in [0, 0.05) is 19.2 Å². The number of hydrogen-bond acceptors (Lipinski definition) is 6. The van der Waals surface area contributed by atoms with Crippen LogP contribution in [0.3, 0.4) is 0 Å². The van der Waals surface area contributed by atoms with Crippen LogP contribution in [0.1, 0.15) is 0 Å². The van der Waals surface area contributed by atoms with Gasteiger partial charge in [-0.15, -0.1) is 0 Å². The Morgan fingerprint density at radius 3 is 2.48 bits per heavy atom. The van der Waals surface area contributed by atoms with Gasteiger partial charge in [0.25, 0.3) is 0 Å². The van der Waals surface area contributed by atoms with Crippen LogP contribution in [0.2, 0.25) is 0 Å². The first-order valence-corrected chi connectivity index (χ1v) is 8.35. The number of carbonyl (C=O) groups is 2. The Labute approximate surface area is 165 Å². The molecule has 27 heavy (non-hydrogen) atoms. The van der Waals surface area contributed by atoms with Crippen LogP contribution in [0.15, 0.2) is 18.2 Å². The molecule has 0 radical (unpaired) electrons. The summed E-state index contributed by atoms with van der Waals surface area (Å²) in [6.45, 7) is 3.73. The lowest BCUT2D eigenvalue weighted by Gasteiger charge is -2.40. The molecule has 1 aliphatic rings. The predicted octanol–water partition coefficient (Wildman–Crippen LogP) is -2.01. The average molecular weight is 403 g/mol. The number of ether oxygens (including phenoxy) is 2. The van der Waals surface area contributed by atoms with Crippen molar-refractivity contribution in [2.75, 3.05) is 71.4 Å². The summed E-state index contributed by atoms with van der Waals surface area (Å²) < 4.78 is 10.3. The first-order chi connectivity index (χ1) is 12.3. The fourth-order valence-corrected chi connectivity index (χ4v) is 2.82. The summed E-state index contributed by atoms with van der Waals surface area (Å²) in [6.07, 6.45) is -0.638. The van der Waals surface area contributed by atoms with E-state index >= 15 is 0 Å². The van der Waals surface area contributed by atoms with Crippen LogP contribution in [0.25, 0.3) is 0 Å². The van der Waals surface area contributed by atoms with E-state index in [0.29, 0.717) is 21.0 Å². The molecule has 0 bridgehead atoms. The molecule has 152 valence electrons. The summed E-state index contributed by atoms with van der Waals surface area (Å²) in [7, 11) is 6.76. The monoisotopic (exact) mass is 402 g/mol. The fraction of sp³-hybridized carbons (Fsp3) is 0.529. The standard InChI is InChI=1S/C17H26N4O5.ClH/c1-19-7-9-21(2,10-8-19)12-16(22)20(24)13-5-6-14(15(11-13)25-3)18-17(23)26-4;/h5-6,11,24H,7-10,12H2,1-4H3;1H. The maximum Gasteiger partial charge on any atom is 0.411 e. The number of rotatable bonds is 5. The van der Waals surface area contributed by atoms with Crippen molar-refractivity contribution in [2.45, 2.75) is 0 Å². The molecule has 1 aromatic carbocycles. The highest BCUT2D eigenvalue weighted by Gasteiger charge is 2.32. The quantitative estimate of drug-likeness (QED) is 0.336. The van der Waals surface area contributed by atoms with Crippen LogP contribution < -0.4 is 27.5 Å². The lowest BCUT2D eigenvalue weighted by molar-refractivity contribution is -0.906. The van der Waals surface area contributed by atoms with E-state index in [2.05, 4.69) is 22.0 Å². The van der Waals surface area contributed by atoms with Gasteiger partial charge in [0.2, 0.25) is 0 Å². The third-order valence-corrected chi connectivity index (χ3v) is 4.65. The van der Waals surface area contributed by atoms with E-state index in [9.17, 15) is 14.8 Å². The number of hydrogen-bond donors (Lipinski definition) is 2. The van der Waals surface area contributed by atoms with Gasteiger partial charge in [-0.05, 0) is 19.2 Å². The van der Waals surface area contributed by atoms with E-state index in [-0.39, 0.29) is 24.6 Å². The summed E-state index contributed by atoms with van der Waals surface area (Å²) >= 11 is 0. The number of anilines is 2. The van der Waals surface area contributed by atoms with Gasteiger partial charge in [0.15, 0.2) is 6.54 Å². The highest BCUT2D eigenvalue weighted by molar-refractivity contribution is 5.93. The molecule has 0 atom stereocenters. The van der Waals surface area contributed by atoms with Crippen molar-refractivity contribution in [1.82, 2.24) is 4.90 Å². The number of hydroxylamine groups is 1. The van der Waals surface area contributed by atoms with Crippen LogP contribution in [0.4, 0.5) is 16.2 Å². The van der Waals surface area contributed by atoms with Crippen molar-refractivity contribution in [1.29, 1.82) is 0 Å². The molecule has 1 aliphatic heterocycles. The number of likely N-dealkylation sites (N-methyl/N-ethyl adjacent to an activating group) is 2. The van der Waals surface area contributed by atoms with Crippen molar-refractivity contribution in [3.63, 3.8) is 0 Å². The third kappa shape index (κ3) is 5.96. The van der Waals surface area contributed by atoms with Crippen molar-refractivity contribution in [3.05, 3.63) is 18.2 Å². The number of nitrogens with zero attached hydrogens (tertiary/aromatic N) is 3. The SMILES string of the molecule is COC(=O)Nc1ccc(N(O)C(=O)C[N+]2(C)CCN(C)CC2)cc1OC.[Cl-]. The van der Waals surface area contributed by atoms with Crippen LogP contribution in [0.5, 0.6) is 5.75 Å². The summed E-state index contributed by atoms with van der Waals surface area (Å²) in [5.74, 6) is -0.0903. The summed E-state index contributed by atoms with van der Waals surface area (Å²) in [4.78, 5) is 26.1. The maximum atomic E-state index is 12.5. The second kappa shape index (κ2) is 9.75. The van der Waals surface area contributed by atoms with E-state index in [4.69, 9.17) is 4.74 Å².